The van der Waals surface area contributed by atoms with Crippen molar-refractivity contribution in [2.24, 2.45) is 11.8 Å². The Morgan fingerprint density at radius 1 is 0.313 bits per heavy atom. The van der Waals surface area contributed by atoms with Gasteiger partial charge in [0.05, 0.1) is 0 Å². The first-order chi connectivity index (χ1) is 32.8. The van der Waals surface area contributed by atoms with Gasteiger partial charge >= 0.3 is 17.9 Å². The number of hydrogen-bond donors (Lipinski definition) is 0. The van der Waals surface area contributed by atoms with E-state index in [1.165, 1.54) is 231 Å². The summed E-state index contributed by atoms with van der Waals surface area (Å²) in [6, 6.07) is 0. The maximum atomic E-state index is 12.9. The minimum Gasteiger partial charge on any atom is -0.462 e. The normalized spacial score (nSPS) is 12.4. The van der Waals surface area contributed by atoms with E-state index in [2.05, 4.69) is 34.6 Å². The predicted molar refractivity (Wildman–Crippen MR) is 289 cm³/mol. The predicted octanol–water partition coefficient (Wildman–Crippen LogP) is 20.0. The van der Waals surface area contributed by atoms with E-state index in [1.54, 1.807) is 0 Å². The topological polar surface area (TPSA) is 78.9 Å². The van der Waals surface area contributed by atoms with E-state index in [4.69, 9.17) is 14.2 Å². The highest BCUT2D eigenvalue weighted by molar-refractivity contribution is 5.71. The van der Waals surface area contributed by atoms with Crippen molar-refractivity contribution in [2.45, 2.75) is 349 Å². The summed E-state index contributed by atoms with van der Waals surface area (Å²) in [7, 11) is 0. The molecule has 0 spiro atoms. The molecule has 6 heteroatoms. The van der Waals surface area contributed by atoms with Gasteiger partial charge in [-0.25, -0.2) is 0 Å². The molecular formula is C61H118O6. The zero-order valence-corrected chi connectivity index (χ0v) is 46.0. The molecular weight excluding hydrogens is 829 g/mol. The van der Waals surface area contributed by atoms with Gasteiger partial charge in [-0.05, 0) is 31.1 Å². The highest BCUT2D eigenvalue weighted by Gasteiger charge is 2.19. The summed E-state index contributed by atoms with van der Waals surface area (Å²) >= 11 is 0. The molecule has 6 nitrogen and oxygen atoms in total. The highest BCUT2D eigenvalue weighted by atomic mass is 16.6. The standard InChI is InChI=1S/C61H118O6/c1-6-8-9-10-11-12-13-14-15-16-20-23-26-29-32-35-41-46-51-59(62)65-54-58(55-66-60(63)52-47-42-38-37-40-45-50-57(5)7-2)67-61(64)53-48-43-36-33-30-27-24-21-18-17-19-22-25-28-31-34-39-44-49-56(3)4/h56-58H,6-55H2,1-5H3/t57?,58-/m0/s1. The first-order valence-electron chi connectivity index (χ1n) is 30.3. The zero-order valence-electron chi connectivity index (χ0n) is 46.0. The third-order valence-corrected chi connectivity index (χ3v) is 14.3. The van der Waals surface area contributed by atoms with Crippen molar-refractivity contribution in [1.29, 1.82) is 0 Å². The first-order valence-corrected chi connectivity index (χ1v) is 30.3. The molecule has 0 saturated carbocycles. The molecule has 2 atom stereocenters. The average Bonchev–Trinajstić information content (AvgIpc) is 3.31. The molecule has 0 radical (unpaired) electrons. The average molecular weight is 948 g/mol. The molecule has 0 fully saturated rings. The van der Waals surface area contributed by atoms with Gasteiger partial charge in [-0.15, -0.1) is 0 Å². The summed E-state index contributed by atoms with van der Waals surface area (Å²) in [6.07, 6.45) is 58.2. The van der Waals surface area contributed by atoms with Crippen LogP contribution in [-0.4, -0.2) is 37.2 Å². The van der Waals surface area contributed by atoms with E-state index in [0.29, 0.717) is 19.3 Å². The Bertz CT molecular complexity index is 1030. The van der Waals surface area contributed by atoms with Gasteiger partial charge in [0.1, 0.15) is 13.2 Å². The van der Waals surface area contributed by atoms with Crippen molar-refractivity contribution in [3.05, 3.63) is 0 Å². The van der Waals surface area contributed by atoms with Crippen molar-refractivity contribution in [3.63, 3.8) is 0 Å². The Labute approximate surface area is 418 Å². The van der Waals surface area contributed by atoms with Gasteiger partial charge in [0, 0.05) is 19.3 Å². The summed E-state index contributed by atoms with van der Waals surface area (Å²) in [5, 5.41) is 0. The molecule has 0 rings (SSSR count). The van der Waals surface area contributed by atoms with Crippen LogP contribution in [0.4, 0.5) is 0 Å². The van der Waals surface area contributed by atoms with Crippen LogP contribution in [0.15, 0.2) is 0 Å². The third kappa shape index (κ3) is 53.6. The fourth-order valence-corrected chi connectivity index (χ4v) is 9.37. The van der Waals surface area contributed by atoms with Crippen molar-refractivity contribution in [3.8, 4) is 0 Å². The Morgan fingerprint density at radius 3 is 0.851 bits per heavy atom. The minimum absolute atomic E-state index is 0.0632. The highest BCUT2D eigenvalue weighted by Crippen LogP contribution is 2.19. The molecule has 0 heterocycles. The summed E-state index contributed by atoms with van der Waals surface area (Å²) < 4.78 is 16.9. The minimum atomic E-state index is -0.763. The lowest BCUT2D eigenvalue weighted by molar-refractivity contribution is -0.167. The van der Waals surface area contributed by atoms with Gasteiger partial charge in [0.2, 0.25) is 0 Å². The van der Waals surface area contributed by atoms with Crippen molar-refractivity contribution in [2.75, 3.05) is 13.2 Å². The number of unbranched alkanes of at least 4 members (excludes halogenated alkanes) is 39. The van der Waals surface area contributed by atoms with Crippen LogP contribution in [0.5, 0.6) is 0 Å². The van der Waals surface area contributed by atoms with E-state index in [9.17, 15) is 14.4 Å². The Balaban J connectivity index is 4.21. The first kappa shape index (κ1) is 65.4. The maximum absolute atomic E-state index is 12.9. The largest absolute Gasteiger partial charge is 0.462 e. The van der Waals surface area contributed by atoms with Crippen LogP contribution in [0.25, 0.3) is 0 Å². The fourth-order valence-electron chi connectivity index (χ4n) is 9.37. The molecule has 0 aliphatic carbocycles. The quantitative estimate of drug-likeness (QED) is 0.0343. The van der Waals surface area contributed by atoms with E-state index >= 15 is 0 Å². The summed E-state index contributed by atoms with van der Waals surface area (Å²) in [6.45, 7) is 11.4. The van der Waals surface area contributed by atoms with Gasteiger partial charge in [-0.2, -0.15) is 0 Å². The van der Waals surface area contributed by atoms with Gasteiger partial charge in [-0.3, -0.25) is 14.4 Å². The summed E-state index contributed by atoms with van der Waals surface area (Å²) in [5.74, 6) is 0.832. The molecule has 0 aromatic carbocycles. The van der Waals surface area contributed by atoms with Crippen molar-refractivity contribution in [1.82, 2.24) is 0 Å². The van der Waals surface area contributed by atoms with Gasteiger partial charge in [0.15, 0.2) is 6.10 Å². The fraction of sp³-hybridized carbons (Fsp3) is 0.951. The summed E-state index contributed by atoms with van der Waals surface area (Å²) in [4.78, 5) is 38.1. The number of carbonyl (C=O) groups excluding carboxylic acids is 3. The molecule has 0 aromatic rings. The maximum Gasteiger partial charge on any atom is 0.306 e. The lowest BCUT2D eigenvalue weighted by Gasteiger charge is -2.18. The smallest absolute Gasteiger partial charge is 0.306 e. The van der Waals surface area contributed by atoms with Gasteiger partial charge in [0.25, 0.3) is 0 Å². The van der Waals surface area contributed by atoms with Gasteiger partial charge in [-0.1, -0.05) is 304 Å². The summed E-state index contributed by atoms with van der Waals surface area (Å²) in [5.41, 5.74) is 0. The number of carbonyl (C=O) groups is 3. The second-order valence-corrected chi connectivity index (χ2v) is 21.7. The molecule has 0 aliphatic rings. The lowest BCUT2D eigenvalue weighted by Crippen LogP contribution is -2.30. The molecule has 67 heavy (non-hydrogen) atoms. The Hall–Kier alpha value is -1.59. The molecule has 0 aromatic heterocycles. The Morgan fingerprint density at radius 2 is 0.567 bits per heavy atom. The van der Waals surface area contributed by atoms with Crippen LogP contribution >= 0.6 is 0 Å². The van der Waals surface area contributed by atoms with Crippen LogP contribution in [0.3, 0.4) is 0 Å². The van der Waals surface area contributed by atoms with E-state index < -0.39 is 6.10 Å². The number of ether oxygens (including phenoxy) is 3. The molecule has 1 unspecified atom stereocenters. The molecule has 0 saturated heterocycles. The van der Waals surface area contributed by atoms with Crippen LogP contribution in [0.2, 0.25) is 0 Å². The van der Waals surface area contributed by atoms with Crippen LogP contribution in [0, 0.1) is 11.8 Å². The number of esters is 3. The van der Waals surface area contributed by atoms with Gasteiger partial charge < -0.3 is 14.2 Å². The van der Waals surface area contributed by atoms with E-state index in [1.807, 2.05) is 0 Å². The number of rotatable bonds is 55. The monoisotopic (exact) mass is 947 g/mol. The lowest BCUT2D eigenvalue weighted by atomic mass is 10.00. The molecule has 0 aliphatic heterocycles. The van der Waals surface area contributed by atoms with Crippen LogP contribution in [0.1, 0.15) is 343 Å². The Kier molecular flexibility index (Phi) is 52.5. The molecule has 0 N–H and O–H groups in total. The molecule has 398 valence electrons. The SMILES string of the molecule is CCCCCCCCCCCCCCCCCCCCC(=O)OC[C@@H](COC(=O)CCCCCCCCC(C)CC)OC(=O)CCCCCCCCCCCCCCCCCCCCC(C)C. The van der Waals surface area contributed by atoms with Crippen molar-refractivity contribution >= 4 is 17.9 Å². The van der Waals surface area contributed by atoms with Crippen LogP contribution < -0.4 is 0 Å². The number of hydrogen-bond acceptors (Lipinski definition) is 6. The van der Waals surface area contributed by atoms with Crippen LogP contribution in [-0.2, 0) is 28.6 Å². The van der Waals surface area contributed by atoms with E-state index in [-0.39, 0.29) is 31.1 Å². The molecule has 0 bridgehead atoms. The third-order valence-electron chi connectivity index (χ3n) is 14.3. The second kappa shape index (κ2) is 53.8. The zero-order chi connectivity index (χ0) is 48.9. The second-order valence-electron chi connectivity index (χ2n) is 21.7. The molecule has 0 amide bonds. The van der Waals surface area contributed by atoms with Crippen molar-refractivity contribution < 1.29 is 28.6 Å². The van der Waals surface area contributed by atoms with E-state index in [0.717, 1.165) is 69.6 Å².